The Hall–Kier alpha value is -6.37. The molecule has 10 rings (SSSR count). The summed E-state index contributed by atoms with van der Waals surface area (Å²) in [6.45, 7) is 0. The average molecular weight is 598 g/mol. The summed E-state index contributed by atoms with van der Waals surface area (Å²) in [6.07, 6.45) is 0.968. The number of nitrogens with zero attached hydrogens (tertiary/aromatic N) is 3. The number of aromatic nitrogens is 2. The van der Waals surface area contributed by atoms with Crippen LogP contribution in [0.15, 0.2) is 152 Å². The van der Waals surface area contributed by atoms with Crippen molar-refractivity contribution in [2.24, 2.45) is 0 Å². The van der Waals surface area contributed by atoms with Crippen LogP contribution >= 0.6 is 0 Å². The van der Waals surface area contributed by atoms with E-state index in [2.05, 4.69) is 155 Å². The molecule has 0 spiro atoms. The van der Waals surface area contributed by atoms with Gasteiger partial charge in [-0.25, -0.2) is 0 Å². The molecule has 9 aromatic rings. The van der Waals surface area contributed by atoms with Crippen LogP contribution in [-0.2, 0) is 6.42 Å². The first-order valence-corrected chi connectivity index (χ1v) is 16.0. The second kappa shape index (κ2) is 9.81. The molecule has 0 fully saturated rings. The zero-order valence-electron chi connectivity index (χ0n) is 25.5. The fourth-order valence-corrected chi connectivity index (χ4v) is 7.81. The summed E-state index contributed by atoms with van der Waals surface area (Å²) in [6, 6.07) is 56.8. The van der Waals surface area contributed by atoms with Gasteiger partial charge in [-0.05, 0) is 107 Å². The van der Waals surface area contributed by atoms with E-state index < -0.39 is 0 Å². The van der Waals surface area contributed by atoms with Gasteiger partial charge < -0.3 is 9.13 Å². The third kappa shape index (κ3) is 3.79. The molecule has 2 aromatic heterocycles. The van der Waals surface area contributed by atoms with E-state index in [1.807, 2.05) is 12.1 Å². The highest BCUT2D eigenvalue weighted by atomic mass is 15.0. The summed E-state index contributed by atoms with van der Waals surface area (Å²) in [4.78, 5) is 0. The number of rotatable bonds is 3. The van der Waals surface area contributed by atoms with E-state index in [1.54, 1.807) is 0 Å². The summed E-state index contributed by atoms with van der Waals surface area (Å²) < 4.78 is 4.68. The number of fused-ring (bicyclic) bond motifs is 9. The van der Waals surface area contributed by atoms with Crippen LogP contribution in [0.3, 0.4) is 0 Å². The van der Waals surface area contributed by atoms with E-state index in [4.69, 9.17) is 0 Å². The van der Waals surface area contributed by atoms with Crippen molar-refractivity contribution in [3.63, 3.8) is 0 Å². The maximum absolute atomic E-state index is 9.84. The molecule has 0 bridgehead atoms. The first-order valence-electron chi connectivity index (χ1n) is 16.0. The van der Waals surface area contributed by atoms with Gasteiger partial charge in [0.1, 0.15) is 0 Å². The van der Waals surface area contributed by atoms with Gasteiger partial charge in [0, 0.05) is 32.9 Å². The minimum atomic E-state index is 0.661. The molecule has 0 amide bonds. The molecule has 0 saturated heterocycles. The molecule has 0 unspecified atom stereocenters. The van der Waals surface area contributed by atoms with Gasteiger partial charge in [0.25, 0.3) is 0 Å². The number of hydrogen-bond acceptors (Lipinski definition) is 1. The highest BCUT2D eigenvalue weighted by Crippen LogP contribution is 2.41. The van der Waals surface area contributed by atoms with Crippen LogP contribution in [0.4, 0.5) is 0 Å². The predicted molar refractivity (Wildman–Crippen MR) is 194 cm³/mol. The van der Waals surface area contributed by atoms with Crippen LogP contribution in [0.2, 0.25) is 0 Å². The van der Waals surface area contributed by atoms with Crippen molar-refractivity contribution in [1.82, 2.24) is 9.13 Å². The molecule has 1 aliphatic rings. The third-order valence-electron chi connectivity index (χ3n) is 9.96. The Kier molecular flexibility index (Phi) is 5.41. The topological polar surface area (TPSA) is 33.6 Å². The summed E-state index contributed by atoms with van der Waals surface area (Å²) in [7, 11) is 0. The van der Waals surface area contributed by atoms with Gasteiger partial charge in [0.05, 0.1) is 33.7 Å². The first-order chi connectivity index (χ1) is 23.2. The molecular formula is C44H27N3. The van der Waals surface area contributed by atoms with E-state index in [0.29, 0.717) is 5.56 Å². The highest BCUT2D eigenvalue weighted by Gasteiger charge is 2.21. The Balaban J connectivity index is 1.18. The van der Waals surface area contributed by atoms with Crippen LogP contribution < -0.4 is 0 Å². The minimum absolute atomic E-state index is 0.661. The van der Waals surface area contributed by atoms with Crippen LogP contribution in [0.5, 0.6) is 0 Å². The van der Waals surface area contributed by atoms with Crippen molar-refractivity contribution >= 4 is 43.6 Å². The smallest absolute Gasteiger partial charge is 0.0992 e. The predicted octanol–water partition coefficient (Wildman–Crippen LogP) is 11.0. The molecule has 3 heteroatoms. The monoisotopic (exact) mass is 597 g/mol. The molecule has 47 heavy (non-hydrogen) atoms. The molecule has 0 saturated carbocycles. The van der Waals surface area contributed by atoms with Crippen molar-refractivity contribution in [2.75, 3.05) is 0 Å². The van der Waals surface area contributed by atoms with Gasteiger partial charge in [-0.3, -0.25) is 0 Å². The molecule has 0 aliphatic heterocycles. The number of nitriles is 1. The lowest BCUT2D eigenvalue weighted by Crippen LogP contribution is -1.95. The standard InChI is InChI=1S/C44H27N3/c45-27-28-14-19-37-40-25-30(29-16-20-42-39(24-29)36-12-6-7-13-41(36)46(42)33-9-2-1-3-10-33)17-21-43(40)47(44(37)22-28)34-18-15-32-23-31-8-4-5-11-35(31)38(32)26-34/h1-22,24-26H,23H2. The zero-order valence-corrected chi connectivity index (χ0v) is 25.5. The lowest BCUT2D eigenvalue weighted by Gasteiger charge is -2.11. The van der Waals surface area contributed by atoms with Gasteiger partial charge in [-0.1, -0.05) is 84.9 Å². The molecule has 2 heterocycles. The SMILES string of the molecule is N#Cc1ccc2c3cc(-c4ccc5c(c4)c4ccccc4n5-c4ccccc4)ccc3n(-c3ccc4c(c3)-c3ccccc3C4)c2c1. The van der Waals surface area contributed by atoms with Crippen LogP contribution in [0, 0.1) is 11.3 Å². The second-order valence-electron chi connectivity index (χ2n) is 12.5. The van der Waals surface area contributed by atoms with Gasteiger partial charge in [-0.15, -0.1) is 0 Å². The van der Waals surface area contributed by atoms with Crippen molar-refractivity contribution in [2.45, 2.75) is 6.42 Å². The van der Waals surface area contributed by atoms with E-state index in [-0.39, 0.29) is 0 Å². The van der Waals surface area contributed by atoms with Crippen molar-refractivity contribution < 1.29 is 0 Å². The molecule has 218 valence electrons. The van der Waals surface area contributed by atoms with E-state index in [9.17, 15) is 5.26 Å². The normalized spacial score (nSPS) is 12.1. The number of benzene rings is 7. The second-order valence-corrected chi connectivity index (χ2v) is 12.5. The molecule has 3 nitrogen and oxygen atoms in total. The van der Waals surface area contributed by atoms with Crippen molar-refractivity contribution in [3.05, 3.63) is 168 Å². The van der Waals surface area contributed by atoms with Crippen LogP contribution in [0.1, 0.15) is 16.7 Å². The summed E-state index contributed by atoms with van der Waals surface area (Å²) >= 11 is 0. The Morgan fingerprint density at radius 2 is 1.06 bits per heavy atom. The summed E-state index contributed by atoms with van der Waals surface area (Å²) in [5.41, 5.74) is 15.2. The Bertz CT molecular complexity index is 2770. The van der Waals surface area contributed by atoms with Crippen molar-refractivity contribution in [1.29, 1.82) is 5.26 Å². The summed E-state index contributed by atoms with van der Waals surface area (Å²) in [5.74, 6) is 0. The Morgan fingerprint density at radius 1 is 0.426 bits per heavy atom. The van der Waals surface area contributed by atoms with Crippen molar-refractivity contribution in [3.8, 4) is 39.7 Å². The molecule has 1 aliphatic carbocycles. The molecule has 0 atom stereocenters. The number of hydrogen-bond donors (Lipinski definition) is 0. The van der Waals surface area contributed by atoms with Gasteiger partial charge in [0.15, 0.2) is 0 Å². The Morgan fingerprint density at radius 3 is 1.85 bits per heavy atom. The van der Waals surface area contributed by atoms with Gasteiger partial charge >= 0.3 is 0 Å². The van der Waals surface area contributed by atoms with E-state index >= 15 is 0 Å². The van der Waals surface area contributed by atoms with Gasteiger partial charge in [-0.2, -0.15) is 5.26 Å². The molecule has 0 radical (unpaired) electrons. The molecule has 0 N–H and O–H groups in total. The van der Waals surface area contributed by atoms with Crippen LogP contribution in [0.25, 0.3) is 77.2 Å². The van der Waals surface area contributed by atoms with Crippen LogP contribution in [-0.4, -0.2) is 9.13 Å². The largest absolute Gasteiger partial charge is 0.309 e. The minimum Gasteiger partial charge on any atom is -0.309 e. The zero-order chi connectivity index (χ0) is 31.1. The number of para-hydroxylation sites is 2. The maximum atomic E-state index is 9.84. The third-order valence-corrected chi connectivity index (χ3v) is 9.96. The highest BCUT2D eigenvalue weighted by molar-refractivity contribution is 6.13. The lowest BCUT2D eigenvalue weighted by molar-refractivity contribution is 1.17. The quantitative estimate of drug-likeness (QED) is 0.199. The van der Waals surface area contributed by atoms with E-state index in [0.717, 1.165) is 34.2 Å². The fourth-order valence-electron chi connectivity index (χ4n) is 7.81. The lowest BCUT2D eigenvalue weighted by atomic mass is 10.0. The average Bonchev–Trinajstić information content (AvgIpc) is 3.78. The first kappa shape index (κ1) is 25.9. The molecule has 7 aromatic carbocycles. The molecular weight excluding hydrogens is 571 g/mol. The van der Waals surface area contributed by atoms with E-state index in [1.165, 1.54) is 60.6 Å². The fraction of sp³-hybridized carbons (Fsp3) is 0.0227. The van der Waals surface area contributed by atoms with Gasteiger partial charge in [0.2, 0.25) is 0 Å². The Labute approximate surface area is 271 Å². The maximum Gasteiger partial charge on any atom is 0.0992 e. The summed E-state index contributed by atoms with van der Waals surface area (Å²) in [5, 5.41) is 14.6.